The van der Waals surface area contributed by atoms with Crippen LogP contribution in [0.4, 0.5) is 8.78 Å². The molecule has 0 aliphatic heterocycles. The maximum Gasteiger partial charge on any atom is 0.310 e. The number of halogens is 3. The fourth-order valence-corrected chi connectivity index (χ4v) is 1.69. The Bertz CT molecular complexity index is 461. The molecule has 0 amide bonds. The van der Waals surface area contributed by atoms with Gasteiger partial charge in [0.2, 0.25) is 0 Å². The summed E-state index contributed by atoms with van der Waals surface area (Å²) < 4.78 is 26.9. The van der Waals surface area contributed by atoms with E-state index in [1.165, 1.54) is 6.08 Å². The first-order valence-corrected chi connectivity index (χ1v) is 5.76. The van der Waals surface area contributed by atoms with Crippen LogP contribution >= 0.6 is 11.6 Å². The molecule has 0 saturated carbocycles. The molecule has 1 rings (SSSR count). The normalized spacial score (nSPS) is 13.2. The zero-order valence-corrected chi connectivity index (χ0v) is 10.7. The van der Waals surface area contributed by atoms with Crippen LogP contribution in [0.25, 0.3) is 6.08 Å². The Labute approximate surface area is 109 Å². The summed E-state index contributed by atoms with van der Waals surface area (Å²) in [5, 5.41) is 8.90. The number of aliphatic carboxylic acids is 1. The Balaban J connectivity index is 3.07. The van der Waals surface area contributed by atoms with Gasteiger partial charge in [0.05, 0.1) is 5.92 Å². The molecule has 18 heavy (non-hydrogen) atoms. The van der Waals surface area contributed by atoms with Gasteiger partial charge in [0.25, 0.3) is 0 Å². The van der Waals surface area contributed by atoms with Gasteiger partial charge in [0.1, 0.15) is 11.6 Å². The Morgan fingerprint density at radius 1 is 1.33 bits per heavy atom. The summed E-state index contributed by atoms with van der Waals surface area (Å²) >= 11 is 5.49. The van der Waals surface area contributed by atoms with Crippen molar-refractivity contribution in [1.82, 2.24) is 0 Å². The molecule has 1 aromatic carbocycles. The summed E-state index contributed by atoms with van der Waals surface area (Å²) in [6, 6.07) is 1.96. The van der Waals surface area contributed by atoms with Gasteiger partial charge in [-0.3, -0.25) is 4.79 Å². The highest BCUT2D eigenvalue weighted by molar-refractivity contribution is 6.30. The van der Waals surface area contributed by atoms with Gasteiger partial charge in [-0.05, 0) is 18.1 Å². The van der Waals surface area contributed by atoms with Crippen LogP contribution in [-0.2, 0) is 4.79 Å². The second-order valence-electron chi connectivity index (χ2n) is 4.25. The van der Waals surface area contributed by atoms with Gasteiger partial charge in [-0.1, -0.05) is 37.6 Å². The van der Waals surface area contributed by atoms with E-state index in [0.29, 0.717) is 0 Å². The van der Waals surface area contributed by atoms with Crippen LogP contribution in [0.2, 0.25) is 5.02 Å². The van der Waals surface area contributed by atoms with Crippen molar-refractivity contribution in [3.8, 4) is 0 Å². The van der Waals surface area contributed by atoms with E-state index >= 15 is 0 Å². The molecule has 98 valence electrons. The highest BCUT2D eigenvalue weighted by Crippen LogP contribution is 2.22. The summed E-state index contributed by atoms with van der Waals surface area (Å²) in [4.78, 5) is 10.9. The zero-order valence-electron chi connectivity index (χ0n) is 9.95. The largest absolute Gasteiger partial charge is 0.481 e. The van der Waals surface area contributed by atoms with Crippen LogP contribution in [0.5, 0.6) is 0 Å². The van der Waals surface area contributed by atoms with Gasteiger partial charge in [-0.15, -0.1) is 0 Å². The first-order valence-electron chi connectivity index (χ1n) is 5.38. The lowest BCUT2D eigenvalue weighted by Crippen LogP contribution is -2.17. The standard InChI is InChI=1S/C13H13ClF2O2/c1-7(2)9(13(17)18)3-4-10-11(15)5-8(14)6-12(10)16/h3-7,9H,1-2H3,(H,17,18). The molecule has 0 saturated heterocycles. The predicted octanol–water partition coefficient (Wildman–Crippen LogP) is 3.99. The van der Waals surface area contributed by atoms with E-state index in [2.05, 4.69) is 0 Å². The van der Waals surface area contributed by atoms with Gasteiger partial charge in [0, 0.05) is 10.6 Å². The van der Waals surface area contributed by atoms with E-state index < -0.39 is 23.5 Å². The van der Waals surface area contributed by atoms with Crippen molar-refractivity contribution in [2.45, 2.75) is 13.8 Å². The average molecular weight is 275 g/mol. The molecule has 0 aliphatic carbocycles. The first-order chi connectivity index (χ1) is 8.32. The fraction of sp³-hybridized carbons (Fsp3) is 0.308. The van der Waals surface area contributed by atoms with Crippen molar-refractivity contribution in [2.24, 2.45) is 11.8 Å². The van der Waals surface area contributed by atoms with Crippen molar-refractivity contribution >= 4 is 23.6 Å². The Kier molecular flexibility index (Phi) is 4.84. The SMILES string of the molecule is CC(C)C(C=Cc1c(F)cc(Cl)cc1F)C(=O)O. The smallest absolute Gasteiger partial charge is 0.310 e. The molecule has 0 radical (unpaired) electrons. The Morgan fingerprint density at radius 3 is 2.22 bits per heavy atom. The van der Waals surface area contributed by atoms with Crippen LogP contribution in [0.3, 0.4) is 0 Å². The Morgan fingerprint density at radius 2 is 1.83 bits per heavy atom. The third-order valence-corrected chi connectivity index (χ3v) is 2.74. The lowest BCUT2D eigenvalue weighted by atomic mass is 9.95. The van der Waals surface area contributed by atoms with E-state index in [0.717, 1.165) is 18.2 Å². The van der Waals surface area contributed by atoms with Gasteiger partial charge in [-0.2, -0.15) is 0 Å². The van der Waals surface area contributed by atoms with E-state index in [1.54, 1.807) is 13.8 Å². The van der Waals surface area contributed by atoms with Crippen LogP contribution in [0.15, 0.2) is 18.2 Å². The topological polar surface area (TPSA) is 37.3 Å². The van der Waals surface area contributed by atoms with E-state index in [9.17, 15) is 13.6 Å². The van der Waals surface area contributed by atoms with Crippen molar-refractivity contribution in [3.63, 3.8) is 0 Å². The maximum atomic E-state index is 13.4. The number of hydrogen-bond donors (Lipinski definition) is 1. The third kappa shape index (κ3) is 3.53. The van der Waals surface area contributed by atoms with E-state index in [1.807, 2.05) is 0 Å². The number of hydrogen-bond acceptors (Lipinski definition) is 1. The molecular weight excluding hydrogens is 262 g/mol. The summed E-state index contributed by atoms with van der Waals surface area (Å²) in [5.74, 6) is -3.62. The van der Waals surface area contributed by atoms with E-state index in [-0.39, 0.29) is 16.5 Å². The number of benzene rings is 1. The summed E-state index contributed by atoms with van der Waals surface area (Å²) in [6.45, 7) is 3.44. The molecule has 0 spiro atoms. The third-order valence-electron chi connectivity index (χ3n) is 2.52. The second-order valence-corrected chi connectivity index (χ2v) is 4.69. The highest BCUT2D eigenvalue weighted by Gasteiger charge is 2.18. The second kappa shape index (κ2) is 5.96. The fourth-order valence-electron chi connectivity index (χ4n) is 1.50. The molecule has 0 bridgehead atoms. The molecule has 1 aromatic rings. The van der Waals surface area contributed by atoms with Crippen LogP contribution < -0.4 is 0 Å². The number of carbonyl (C=O) groups is 1. The molecule has 1 unspecified atom stereocenters. The zero-order chi connectivity index (χ0) is 13.9. The molecule has 0 fully saturated rings. The molecular formula is C13H13ClF2O2. The van der Waals surface area contributed by atoms with Gasteiger partial charge in [0.15, 0.2) is 0 Å². The monoisotopic (exact) mass is 274 g/mol. The minimum absolute atomic E-state index is 0.0409. The van der Waals surface area contributed by atoms with Gasteiger partial charge in [-0.25, -0.2) is 8.78 Å². The first kappa shape index (κ1) is 14.6. The number of rotatable bonds is 4. The molecule has 0 heterocycles. The molecule has 1 N–H and O–H groups in total. The predicted molar refractivity (Wildman–Crippen MR) is 66.4 cm³/mol. The van der Waals surface area contributed by atoms with Crippen molar-refractivity contribution < 1.29 is 18.7 Å². The minimum Gasteiger partial charge on any atom is -0.481 e. The minimum atomic E-state index is -1.03. The molecule has 1 atom stereocenters. The van der Waals surface area contributed by atoms with Crippen molar-refractivity contribution in [3.05, 3.63) is 40.4 Å². The molecule has 5 heteroatoms. The molecule has 2 nitrogen and oxygen atoms in total. The van der Waals surface area contributed by atoms with Gasteiger partial charge >= 0.3 is 5.97 Å². The maximum absolute atomic E-state index is 13.4. The quantitative estimate of drug-likeness (QED) is 0.901. The number of carboxylic acids is 1. The molecule has 0 aromatic heterocycles. The highest BCUT2D eigenvalue weighted by atomic mass is 35.5. The van der Waals surface area contributed by atoms with Gasteiger partial charge < -0.3 is 5.11 Å². The summed E-state index contributed by atoms with van der Waals surface area (Å²) in [6.07, 6.45) is 2.42. The average Bonchev–Trinajstić information content (AvgIpc) is 2.20. The van der Waals surface area contributed by atoms with Crippen molar-refractivity contribution in [2.75, 3.05) is 0 Å². The number of carboxylic acid groups (broad SMARTS) is 1. The van der Waals surface area contributed by atoms with Crippen LogP contribution in [0, 0.1) is 23.5 Å². The lowest BCUT2D eigenvalue weighted by Gasteiger charge is -2.11. The van der Waals surface area contributed by atoms with Crippen molar-refractivity contribution in [1.29, 1.82) is 0 Å². The summed E-state index contributed by atoms with van der Waals surface area (Å²) in [7, 11) is 0. The van der Waals surface area contributed by atoms with E-state index in [4.69, 9.17) is 16.7 Å². The van der Waals surface area contributed by atoms with Crippen LogP contribution in [-0.4, -0.2) is 11.1 Å². The van der Waals surface area contributed by atoms with Crippen LogP contribution in [0.1, 0.15) is 19.4 Å². The molecule has 0 aliphatic rings. The Hall–Kier alpha value is -1.42. The lowest BCUT2D eigenvalue weighted by molar-refractivity contribution is -0.141. The summed E-state index contributed by atoms with van der Waals surface area (Å²) in [5.41, 5.74) is -0.286.